The summed E-state index contributed by atoms with van der Waals surface area (Å²) in [5.74, 6) is 0.850. The average molecular weight is 306 g/mol. The maximum atomic E-state index is 4.49. The quantitative estimate of drug-likeness (QED) is 0.608. The normalized spacial score (nSPS) is 11.0. The molecule has 0 aliphatic heterocycles. The molecule has 0 saturated carbocycles. The first kappa shape index (κ1) is 13.0. The fourth-order valence-electron chi connectivity index (χ4n) is 2.62. The predicted octanol–water partition coefficient (Wildman–Crippen LogP) is 4.44. The number of nitrogens with zero attached hydrogens (tertiary/aromatic N) is 3. The highest BCUT2D eigenvalue weighted by molar-refractivity contribution is 7.08. The Hall–Kier alpha value is -2.66. The van der Waals surface area contributed by atoms with E-state index in [-0.39, 0.29) is 0 Å². The zero-order valence-electron chi connectivity index (χ0n) is 12.0. The van der Waals surface area contributed by atoms with Crippen molar-refractivity contribution in [2.45, 2.75) is 0 Å². The van der Waals surface area contributed by atoms with Crippen molar-refractivity contribution in [2.75, 3.05) is 5.32 Å². The number of anilines is 2. The van der Waals surface area contributed by atoms with Gasteiger partial charge >= 0.3 is 0 Å². The van der Waals surface area contributed by atoms with Crippen LogP contribution in [0.3, 0.4) is 0 Å². The molecular formula is C17H14N4S. The SMILES string of the molecule is Cn1c(-c2ccsc2)cc2c(Nc3cccnc3)nccc21. The largest absolute Gasteiger partial charge is 0.343 e. The minimum absolute atomic E-state index is 0.850. The predicted molar refractivity (Wildman–Crippen MR) is 91.5 cm³/mol. The van der Waals surface area contributed by atoms with Crippen molar-refractivity contribution in [3.63, 3.8) is 0 Å². The molecular weight excluding hydrogens is 292 g/mol. The molecule has 108 valence electrons. The highest BCUT2D eigenvalue weighted by Crippen LogP contribution is 2.32. The van der Waals surface area contributed by atoms with E-state index in [1.807, 2.05) is 24.4 Å². The first-order valence-corrected chi connectivity index (χ1v) is 7.91. The van der Waals surface area contributed by atoms with Crippen LogP contribution in [0.1, 0.15) is 0 Å². The summed E-state index contributed by atoms with van der Waals surface area (Å²) in [5, 5.41) is 8.71. The number of pyridine rings is 2. The summed E-state index contributed by atoms with van der Waals surface area (Å²) < 4.78 is 2.20. The molecule has 0 radical (unpaired) electrons. The summed E-state index contributed by atoms with van der Waals surface area (Å²) in [6.45, 7) is 0. The lowest BCUT2D eigenvalue weighted by molar-refractivity contribution is 0.978. The molecule has 0 aliphatic rings. The maximum absolute atomic E-state index is 4.49. The van der Waals surface area contributed by atoms with Gasteiger partial charge in [0, 0.05) is 41.5 Å². The van der Waals surface area contributed by atoms with E-state index in [1.165, 1.54) is 11.3 Å². The Balaban J connectivity index is 1.85. The second kappa shape index (κ2) is 5.27. The van der Waals surface area contributed by atoms with Gasteiger partial charge in [0.05, 0.1) is 17.4 Å². The van der Waals surface area contributed by atoms with E-state index in [9.17, 15) is 0 Å². The minimum Gasteiger partial charge on any atom is -0.343 e. The molecule has 0 fully saturated rings. The lowest BCUT2D eigenvalue weighted by Crippen LogP contribution is -1.95. The maximum Gasteiger partial charge on any atom is 0.139 e. The van der Waals surface area contributed by atoms with Crippen molar-refractivity contribution in [2.24, 2.45) is 7.05 Å². The second-order valence-electron chi connectivity index (χ2n) is 5.06. The molecule has 0 atom stereocenters. The summed E-state index contributed by atoms with van der Waals surface area (Å²) in [5.41, 5.74) is 4.51. The minimum atomic E-state index is 0.850. The van der Waals surface area contributed by atoms with Gasteiger partial charge in [0.25, 0.3) is 0 Å². The fourth-order valence-corrected chi connectivity index (χ4v) is 3.27. The highest BCUT2D eigenvalue weighted by atomic mass is 32.1. The highest BCUT2D eigenvalue weighted by Gasteiger charge is 2.12. The molecule has 0 aliphatic carbocycles. The second-order valence-corrected chi connectivity index (χ2v) is 5.84. The van der Waals surface area contributed by atoms with E-state index in [1.54, 1.807) is 23.7 Å². The van der Waals surface area contributed by atoms with E-state index in [2.05, 4.69) is 49.8 Å². The van der Waals surface area contributed by atoms with Crippen LogP contribution in [0.5, 0.6) is 0 Å². The molecule has 0 amide bonds. The van der Waals surface area contributed by atoms with E-state index >= 15 is 0 Å². The Morgan fingerprint density at radius 3 is 2.91 bits per heavy atom. The van der Waals surface area contributed by atoms with Crippen LogP contribution < -0.4 is 5.32 Å². The van der Waals surface area contributed by atoms with Gasteiger partial charge in [-0.2, -0.15) is 11.3 Å². The van der Waals surface area contributed by atoms with Gasteiger partial charge < -0.3 is 9.88 Å². The van der Waals surface area contributed by atoms with E-state index in [4.69, 9.17) is 0 Å². The first-order chi connectivity index (χ1) is 10.8. The molecule has 0 aromatic carbocycles. The van der Waals surface area contributed by atoms with Gasteiger partial charge in [0.15, 0.2) is 0 Å². The monoisotopic (exact) mass is 306 g/mol. The lowest BCUT2D eigenvalue weighted by atomic mass is 10.2. The summed E-state index contributed by atoms with van der Waals surface area (Å²) >= 11 is 1.71. The molecule has 0 unspecified atom stereocenters. The summed E-state index contributed by atoms with van der Waals surface area (Å²) in [7, 11) is 2.09. The van der Waals surface area contributed by atoms with Crippen LogP contribution in [0.15, 0.2) is 59.7 Å². The molecule has 4 nitrogen and oxygen atoms in total. The fraction of sp³-hybridized carbons (Fsp3) is 0.0588. The molecule has 0 saturated heterocycles. The molecule has 4 heterocycles. The van der Waals surface area contributed by atoms with Gasteiger partial charge in [0.2, 0.25) is 0 Å². The van der Waals surface area contributed by atoms with Crippen LogP contribution in [0, 0.1) is 0 Å². The van der Waals surface area contributed by atoms with Crippen LogP contribution in [-0.2, 0) is 7.05 Å². The standard InChI is InChI=1S/C17H14N4S/c1-21-15-4-7-19-17(20-13-3-2-6-18-10-13)14(15)9-16(21)12-5-8-22-11-12/h2-11H,1H3,(H,19,20). The summed E-state index contributed by atoms with van der Waals surface area (Å²) in [6.07, 6.45) is 5.39. The van der Waals surface area contributed by atoms with E-state index in [0.717, 1.165) is 22.4 Å². The topological polar surface area (TPSA) is 42.7 Å². The number of thiophene rings is 1. The van der Waals surface area contributed by atoms with Crippen molar-refractivity contribution in [3.8, 4) is 11.3 Å². The van der Waals surface area contributed by atoms with Crippen molar-refractivity contribution < 1.29 is 0 Å². The molecule has 5 heteroatoms. The number of hydrogen-bond acceptors (Lipinski definition) is 4. The molecule has 4 aromatic heterocycles. The molecule has 4 rings (SSSR count). The Morgan fingerprint density at radius 2 is 2.14 bits per heavy atom. The molecule has 0 spiro atoms. The van der Waals surface area contributed by atoms with Gasteiger partial charge in [-0.05, 0) is 35.7 Å². The van der Waals surface area contributed by atoms with Crippen LogP contribution in [0.25, 0.3) is 22.2 Å². The van der Waals surface area contributed by atoms with E-state index < -0.39 is 0 Å². The Labute approximate surface area is 132 Å². The van der Waals surface area contributed by atoms with Crippen molar-refractivity contribution in [3.05, 3.63) is 59.7 Å². The molecule has 4 aromatic rings. The zero-order valence-corrected chi connectivity index (χ0v) is 12.8. The number of nitrogens with one attached hydrogen (secondary N) is 1. The van der Waals surface area contributed by atoms with Crippen LogP contribution in [0.4, 0.5) is 11.5 Å². The third-order valence-corrected chi connectivity index (χ3v) is 4.40. The Morgan fingerprint density at radius 1 is 1.18 bits per heavy atom. The van der Waals surface area contributed by atoms with Gasteiger partial charge in [-0.25, -0.2) is 4.98 Å². The van der Waals surface area contributed by atoms with Crippen molar-refractivity contribution in [1.82, 2.24) is 14.5 Å². The van der Waals surface area contributed by atoms with Crippen LogP contribution in [0.2, 0.25) is 0 Å². The third-order valence-electron chi connectivity index (χ3n) is 3.71. The van der Waals surface area contributed by atoms with E-state index in [0.29, 0.717) is 0 Å². The van der Waals surface area contributed by atoms with Gasteiger partial charge in [-0.1, -0.05) is 0 Å². The summed E-state index contributed by atoms with van der Waals surface area (Å²) in [6, 6.07) is 10.3. The third kappa shape index (κ3) is 2.16. The van der Waals surface area contributed by atoms with Gasteiger partial charge in [0.1, 0.15) is 5.82 Å². The molecule has 0 bridgehead atoms. The number of rotatable bonds is 3. The van der Waals surface area contributed by atoms with Crippen molar-refractivity contribution >= 4 is 33.7 Å². The number of aryl methyl sites for hydroxylation is 1. The number of hydrogen-bond donors (Lipinski definition) is 1. The Kier molecular flexibility index (Phi) is 3.12. The molecule has 1 N–H and O–H groups in total. The number of aromatic nitrogens is 3. The van der Waals surface area contributed by atoms with Crippen molar-refractivity contribution in [1.29, 1.82) is 0 Å². The lowest BCUT2D eigenvalue weighted by Gasteiger charge is -2.06. The van der Waals surface area contributed by atoms with Crippen LogP contribution >= 0.6 is 11.3 Å². The smallest absolute Gasteiger partial charge is 0.139 e. The first-order valence-electron chi connectivity index (χ1n) is 6.97. The van der Waals surface area contributed by atoms with Crippen LogP contribution in [-0.4, -0.2) is 14.5 Å². The zero-order chi connectivity index (χ0) is 14.9. The summed E-state index contributed by atoms with van der Waals surface area (Å²) in [4.78, 5) is 8.62. The Bertz CT molecular complexity index is 911. The number of fused-ring (bicyclic) bond motifs is 1. The van der Waals surface area contributed by atoms with Gasteiger partial charge in [-0.15, -0.1) is 0 Å². The average Bonchev–Trinajstić information content (AvgIpc) is 3.18. The van der Waals surface area contributed by atoms with Gasteiger partial charge in [-0.3, -0.25) is 4.98 Å². The molecule has 22 heavy (non-hydrogen) atoms.